The topological polar surface area (TPSA) is 66.5 Å². The van der Waals surface area contributed by atoms with E-state index in [0.717, 1.165) is 12.0 Å². The zero-order chi connectivity index (χ0) is 19.2. The van der Waals surface area contributed by atoms with Gasteiger partial charge in [-0.05, 0) is 48.4 Å². The van der Waals surface area contributed by atoms with Crippen LogP contribution in [-0.4, -0.2) is 31.7 Å². The van der Waals surface area contributed by atoms with Gasteiger partial charge < -0.3 is 5.32 Å². The second kappa shape index (κ2) is 9.16. The van der Waals surface area contributed by atoms with Crippen molar-refractivity contribution in [2.24, 2.45) is 0 Å². The highest BCUT2D eigenvalue weighted by Gasteiger charge is 2.23. The summed E-state index contributed by atoms with van der Waals surface area (Å²) >= 11 is 5.84. The van der Waals surface area contributed by atoms with E-state index in [1.165, 1.54) is 16.4 Å². The van der Waals surface area contributed by atoms with Crippen LogP contribution in [0.5, 0.6) is 0 Å². The third kappa shape index (κ3) is 5.06. The molecule has 1 N–H and O–H groups in total. The van der Waals surface area contributed by atoms with Crippen LogP contribution in [-0.2, 0) is 16.6 Å². The van der Waals surface area contributed by atoms with E-state index in [0.29, 0.717) is 23.7 Å². The SMILES string of the molecule is CCCNC(=O)c1ccc(CN(CC)S(=O)(=O)c2ccc(Cl)cc2)cc1. The van der Waals surface area contributed by atoms with Crippen molar-refractivity contribution in [2.45, 2.75) is 31.7 Å². The van der Waals surface area contributed by atoms with Crippen molar-refractivity contribution in [3.05, 3.63) is 64.7 Å². The monoisotopic (exact) mass is 394 g/mol. The van der Waals surface area contributed by atoms with Gasteiger partial charge in [-0.25, -0.2) is 8.42 Å². The van der Waals surface area contributed by atoms with Crippen molar-refractivity contribution in [1.82, 2.24) is 9.62 Å². The van der Waals surface area contributed by atoms with Crippen molar-refractivity contribution in [3.8, 4) is 0 Å². The molecular weight excluding hydrogens is 372 g/mol. The highest BCUT2D eigenvalue weighted by Crippen LogP contribution is 2.20. The second-order valence-corrected chi connectivity index (χ2v) is 8.21. The van der Waals surface area contributed by atoms with E-state index in [9.17, 15) is 13.2 Å². The van der Waals surface area contributed by atoms with E-state index in [1.807, 2.05) is 6.92 Å². The molecule has 0 fully saturated rings. The van der Waals surface area contributed by atoms with Crippen molar-refractivity contribution in [3.63, 3.8) is 0 Å². The number of carbonyl (C=O) groups is 1. The average molecular weight is 395 g/mol. The summed E-state index contributed by atoms with van der Waals surface area (Å²) in [5, 5.41) is 3.30. The van der Waals surface area contributed by atoms with Gasteiger partial charge in [0.25, 0.3) is 5.91 Å². The first-order valence-electron chi connectivity index (χ1n) is 8.51. The third-order valence-electron chi connectivity index (χ3n) is 3.91. The molecule has 0 aliphatic carbocycles. The van der Waals surface area contributed by atoms with Gasteiger partial charge in [-0.2, -0.15) is 4.31 Å². The molecule has 1 amide bonds. The standard InChI is InChI=1S/C19H23ClN2O3S/c1-3-13-21-19(23)16-7-5-15(6-8-16)14-22(4-2)26(24,25)18-11-9-17(20)10-12-18/h5-12H,3-4,13-14H2,1-2H3,(H,21,23). The molecule has 140 valence electrons. The van der Waals surface area contributed by atoms with E-state index in [1.54, 1.807) is 43.3 Å². The van der Waals surface area contributed by atoms with Gasteiger partial charge in [-0.1, -0.05) is 37.6 Å². The highest BCUT2D eigenvalue weighted by molar-refractivity contribution is 7.89. The number of rotatable bonds is 8. The zero-order valence-corrected chi connectivity index (χ0v) is 16.5. The molecule has 0 bridgehead atoms. The fourth-order valence-corrected chi connectivity index (χ4v) is 3.99. The molecule has 0 unspecified atom stereocenters. The Morgan fingerprint density at radius 1 is 1.04 bits per heavy atom. The Balaban J connectivity index is 2.14. The molecule has 2 aromatic rings. The number of sulfonamides is 1. The Bertz CT molecular complexity index is 834. The predicted molar refractivity (Wildman–Crippen MR) is 104 cm³/mol. The normalized spacial score (nSPS) is 11.5. The molecule has 0 spiro atoms. The van der Waals surface area contributed by atoms with Crippen molar-refractivity contribution in [2.75, 3.05) is 13.1 Å². The highest BCUT2D eigenvalue weighted by atomic mass is 35.5. The van der Waals surface area contributed by atoms with Crippen LogP contribution in [0.4, 0.5) is 0 Å². The fourth-order valence-electron chi connectivity index (χ4n) is 2.43. The van der Waals surface area contributed by atoms with E-state index in [-0.39, 0.29) is 17.3 Å². The largest absolute Gasteiger partial charge is 0.352 e. The van der Waals surface area contributed by atoms with Gasteiger partial charge in [0.05, 0.1) is 4.90 Å². The lowest BCUT2D eigenvalue weighted by Crippen LogP contribution is -2.30. The van der Waals surface area contributed by atoms with Gasteiger partial charge in [0.15, 0.2) is 0 Å². The van der Waals surface area contributed by atoms with Gasteiger partial charge in [0, 0.05) is 30.2 Å². The zero-order valence-electron chi connectivity index (χ0n) is 14.9. The molecule has 0 aromatic heterocycles. The molecule has 0 heterocycles. The van der Waals surface area contributed by atoms with Gasteiger partial charge in [0.2, 0.25) is 10.0 Å². The summed E-state index contributed by atoms with van der Waals surface area (Å²) in [7, 11) is -3.61. The molecule has 26 heavy (non-hydrogen) atoms. The summed E-state index contributed by atoms with van der Waals surface area (Å²) in [6.07, 6.45) is 0.873. The minimum atomic E-state index is -3.61. The average Bonchev–Trinajstić information content (AvgIpc) is 2.64. The number of nitrogens with one attached hydrogen (secondary N) is 1. The van der Waals surface area contributed by atoms with Gasteiger partial charge in [0.1, 0.15) is 0 Å². The quantitative estimate of drug-likeness (QED) is 0.742. The number of hydrogen-bond acceptors (Lipinski definition) is 3. The van der Waals surface area contributed by atoms with E-state index in [2.05, 4.69) is 5.32 Å². The van der Waals surface area contributed by atoms with Gasteiger partial charge >= 0.3 is 0 Å². The van der Waals surface area contributed by atoms with E-state index >= 15 is 0 Å². The van der Waals surface area contributed by atoms with E-state index < -0.39 is 10.0 Å². The first-order chi connectivity index (χ1) is 12.4. The lowest BCUT2D eigenvalue weighted by Gasteiger charge is -2.21. The number of amides is 1. The predicted octanol–water partition coefficient (Wildman–Crippen LogP) is 3.69. The van der Waals surface area contributed by atoms with Crippen molar-refractivity contribution in [1.29, 1.82) is 0 Å². The first-order valence-corrected chi connectivity index (χ1v) is 10.3. The van der Waals surface area contributed by atoms with Gasteiger partial charge in [-0.3, -0.25) is 4.79 Å². The number of benzene rings is 2. The van der Waals surface area contributed by atoms with Crippen LogP contribution in [0.25, 0.3) is 0 Å². The van der Waals surface area contributed by atoms with Crippen LogP contribution >= 0.6 is 11.6 Å². The minimum Gasteiger partial charge on any atom is -0.352 e. The number of halogens is 1. The molecule has 5 nitrogen and oxygen atoms in total. The van der Waals surface area contributed by atoms with Crippen molar-refractivity contribution >= 4 is 27.5 Å². The fraction of sp³-hybridized carbons (Fsp3) is 0.316. The summed E-state index contributed by atoms with van der Waals surface area (Å²) in [4.78, 5) is 12.1. The number of nitrogens with zero attached hydrogens (tertiary/aromatic N) is 1. The number of carbonyl (C=O) groups excluding carboxylic acids is 1. The molecule has 2 rings (SSSR count). The summed E-state index contributed by atoms with van der Waals surface area (Å²) in [6, 6.07) is 13.1. The van der Waals surface area contributed by atoms with Crippen molar-refractivity contribution < 1.29 is 13.2 Å². The summed E-state index contributed by atoms with van der Waals surface area (Å²) in [6.45, 7) is 4.98. The minimum absolute atomic E-state index is 0.125. The maximum absolute atomic E-state index is 12.8. The molecule has 0 aliphatic heterocycles. The van der Waals surface area contributed by atoms with Crippen LogP contribution in [0.1, 0.15) is 36.2 Å². The first kappa shape index (κ1) is 20.4. The lowest BCUT2D eigenvalue weighted by molar-refractivity contribution is 0.0953. The summed E-state index contributed by atoms with van der Waals surface area (Å²) in [5.74, 6) is -0.125. The Hall–Kier alpha value is -1.89. The molecule has 0 saturated carbocycles. The Morgan fingerprint density at radius 2 is 1.65 bits per heavy atom. The summed E-state index contributed by atoms with van der Waals surface area (Å²) < 4.78 is 27.0. The van der Waals surface area contributed by atoms with Crippen LogP contribution in [0.15, 0.2) is 53.4 Å². The Labute approximate surface area is 160 Å². The maximum Gasteiger partial charge on any atom is 0.251 e. The summed E-state index contributed by atoms with van der Waals surface area (Å²) in [5.41, 5.74) is 1.38. The molecular formula is C19H23ClN2O3S. The molecule has 7 heteroatoms. The van der Waals surface area contributed by atoms with Crippen LogP contribution in [0.3, 0.4) is 0 Å². The van der Waals surface area contributed by atoms with E-state index in [4.69, 9.17) is 11.6 Å². The third-order valence-corrected chi connectivity index (χ3v) is 6.10. The molecule has 0 radical (unpaired) electrons. The van der Waals surface area contributed by atoms with Gasteiger partial charge in [-0.15, -0.1) is 0 Å². The molecule has 0 saturated heterocycles. The lowest BCUT2D eigenvalue weighted by atomic mass is 10.1. The molecule has 2 aromatic carbocycles. The smallest absolute Gasteiger partial charge is 0.251 e. The van der Waals surface area contributed by atoms with Crippen LogP contribution in [0.2, 0.25) is 5.02 Å². The second-order valence-electron chi connectivity index (χ2n) is 5.84. The van der Waals surface area contributed by atoms with Crippen LogP contribution < -0.4 is 5.32 Å². The Morgan fingerprint density at radius 3 is 2.19 bits per heavy atom. The molecule has 0 atom stereocenters. The van der Waals surface area contributed by atoms with Crippen LogP contribution in [0, 0.1) is 0 Å². The Kier molecular flexibility index (Phi) is 7.20. The molecule has 0 aliphatic rings. The number of hydrogen-bond donors (Lipinski definition) is 1. The maximum atomic E-state index is 12.8.